The van der Waals surface area contributed by atoms with Crippen LogP contribution in [0.2, 0.25) is 0 Å². The second-order valence-corrected chi connectivity index (χ2v) is 7.83. The molecule has 0 spiro atoms. The molecule has 1 atom stereocenters. The van der Waals surface area contributed by atoms with Crippen LogP contribution in [0.5, 0.6) is 0 Å². The van der Waals surface area contributed by atoms with Crippen molar-refractivity contribution in [1.29, 1.82) is 0 Å². The minimum atomic E-state index is -0.700. The van der Waals surface area contributed by atoms with Gasteiger partial charge in [-0.05, 0) is 43.5 Å². The summed E-state index contributed by atoms with van der Waals surface area (Å²) >= 11 is 8.06. The van der Waals surface area contributed by atoms with E-state index in [4.69, 9.17) is 10.9 Å². The van der Waals surface area contributed by atoms with Gasteiger partial charge in [0.25, 0.3) is 5.91 Å². The molecule has 0 saturated heterocycles. The molecule has 1 aromatic carbocycles. The van der Waals surface area contributed by atoms with Crippen LogP contribution in [0.4, 0.5) is 0 Å². The van der Waals surface area contributed by atoms with E-state index in [0.717, 1.165) is 9.35 Å². The van der Waals surface area contributed by atoms with Gasteiger partial charge in [-0.1, -0.05) is 35.5 Å². The van der Waals surface area contributed by atoms with Crippen LogP contribution in [0.3, 0.4) is 0 Å². The van der Waals surface area contributed by atoms with Gasteiger partial charge in [0.15, 0.2) is 5.84 Å². The number of benzene rings is 1. The first-order valence-corrected chi connectivity index (χ1v) is 8.21. The molecule has 2 aromatic rings. The fourth-order valence-corrected chi connectivity index (χ4v) is 4.53. The van der Waals surface area contributed by atoms with Crippen LogP contribution in [0, 0.1) is 0 Å². The number of amidine groups is 1. The van der Waals surface area contributed by atoms with E-state index in [1.165, 1.54) is 11.3 Å². The van der Waals surface area contributed by atoms with Crippen molar-refractivity contribution in [1.82, 2.24) is 5.32 Å². The van der Waals surface area contributed by atoms with Gasteiger partial charge in [0.05, 0.1) is 13.1 Å². The third kappa shape index (κ3) is 3.84. The van der Waals surface area contributed by atoms with Gasteiger partial charge < -0.3 is 16.3 Å². The second kappa shape index (κ2) is 7.06. The summed E-state index contributed by atoms with van der Waals surface area (Å²) in [6, 6.07) is 10.1. The summed E-state index contributed by atoms with van der Waals surface area (Å²) in [5, 5.41) is 14.7. The zero-order valence-electron chi connectivity index (χ0n) is 10.6. The fraction of sp³-hybridized carbons (Fsp3) is 0.0769. The molecular weight excluding hydrogens is 422 g/mol. The molecule has 5 nitrogen and oxygen atoms in total. The predicted octanol–water partition coefficient (Wildman–Crippen LogP) is 3.49. The molecule has 8 heteroatoms. The normalized spacial score (nSPS) is 13.0. The zero-order valence-corrected chi connectivity index (χ0v) is 14.6. The number of hydrogen-bond acceptors (Lipinski definition) is 4. The Morgan fingerprint density at radius 2 is 2.00 bits per heavy atom. The van der Waals surface area contributed by atoms with Crippen molar-refractivity contribution in [2.24, 2.45) is 10.9 Å². The molecule has 2 rings (SSSR count). The quantitative estimate of drug-likeness (QED) is 0.299. The maximum absolute atomic E-state index is 12.3. The summed E-state index contributed by atoms with van der Waals surface area (Å²) in [7, 11) is 0. The molecule has 0 bridgehead atoms. The highest BCUT2D eigenvalue weighted by Crippen LogP contribution is 2.32. The van der Waals surface area contributed by atoms with Crippen molar-refractivity contribution in [3.63, 3.8) is 0 Å². The summed E-state index contributed by atoms with van der Waals surface area (Å²) < 4.78 is 1.54. The van der Waals surface area contributed by atoms with E-state index in [9.17, 15) is 4.79 Å². The first kappa shape index (κ1) is 16.0. The number of carbonyl (C=O) groups excluding carboxylic acids is 1. The average molecular weight is 433 g/mol. The largest absolute Gasteiger partial charge is 0.409 e. The molecule has 0 saturated carbocycles. The van der Waals surface area contributed by atoms with Crippen molar-refractivity contribution in [2.75, 3.05) is 0 Å². The van der Waals surface area contributed by atoms with Gasteiger partial charge >= 0.3 is 0 Å². The lowest BCUT2D eigenvalue weighted by atomic mass is 10.1. The van der Waals surface area contributed by atoms with E-state index in [0.29, 0.717) is 9.35 Å². The molecule has 0 aliphatic carbocycles. The summed E-state index contributed by atoms with van der Waals surface area (Å²) in [6.45, 7) is 0. The standard InChI is InChI=1S/C13H11Br2N3O2S/c14-9-6-8(11(15)21-9)13(19)17-10(12(16)18-20)7-4-2-1-3-5-7/h1-6,10,20H,(H2,16,18)(H,17,19). The van der Waals surface area contributed by atoms with Crippen molar-refractivity contribution in [2.45, 2.75) is 6.04 Å². The third-order valence-corrected chi connectivity index (χ3v) is 5.06. The number of halogens is 2. The Balaban J connectivity index is 2.28. The minimum Gasteiger partial charge on any atom is -0.409 e. The Kier molecular flexibility index (Phi) is 5.38. The topological polar surface area (TPSA) is 87.7 Å². The number of rotatable bonds is 4. The van der Waals surface area contributed by atoms with Gasteiger partial charge in [0, 0.05) is 0 Å². The molecule has 1 amide bonds. The number of oxime groups is 1. The Labute approximate surface area is 142 Å². The highest BCUT2D eigenvalue weighted by molar-refractivity contribution is 9.12. The molecule has 1 aromatic heterocycles. The highest BCUT2D eigenvalue weighted by atomic mass is 79.9. The van der Waals surface area contributed by atoms with Crippen LogP contribution >= 0.6 is 43.2 Å². The van der Waals surface area contributed by atoms with E-state index >= 15 is 0 Å². The molecule has 0 radical (unpaired) electrons. The first-order valence-electron chi connectivity index (χ1n) is 5.81. The Morgan fingerprint density at radius 1 is 1.33 bits per heavy atom. The zero-order chi connectivity index (χ0) is 15.4. The molecule has 21 heavy (non-hydrogen) atoms. The van der Waals surface area contributed by atoms with Crippen LogP contribution in [-0.2, 0) is 0 Å². The Bertz CT molecular complexity index is 673. The van der Waals surface area contributed by atoms with Gasteiger partial charge in [-0.25, -0.2) is 0 Å². The first-order chi connectivity index (χ1) is 10.0. The van der Waals surface area contributed by atoms with Gasteiger partial charge in [-0.3, -0.25) is 4.79 Å². The second-order valence-electron chi connectivity index (χ2n) is 4.08. The third-order valence-electron chi connectivity index (χ3n) is 2.72. The maximum Gasteiger partial charge on any atom is 0.254 e. The van der Waals surface area contributed by atoms with Gasteiger partial charge in [0.1, 0.15) is 6.04 Å². The molecule has 0 aliphatic rings. The Morgan fingerprint density at radius 3 is 2.52 bits per heavy atom. The number of amides is 1. The van der Waals surface area contributed by atoms with Gasteiger partial charge in [-0.2, -0.15) is 0 Å². The summed E-state index contributed by atoms with van der Waals surface area (Å²) in [5.74, 6) is -0.399. The number of thiophene rings is 1. The monoisotopic (exact) mass is 431 g/mol. The number of hydrogen-bond donors (Lipinski definition) is 3. The predicted molar refractivity (Wildman–Crippen MR) is 89.8 cm³/mol. The highest BCUT2D eigenvalue weighted by Gasteiger charge is 2.22. The van der Waals surface area contributed by atoms with Crippen LogP contribution < -0.4 is 11.1 Å². The van der Waals surface area contributed by atoms with Crippen molar-refractivity contribution in [3.05, 3.63) is 55.1 Å². The van der Waals surface area contributed by atoms with Crippen LogP contribution in [-0.4, -0.2) is 17.0 Å². The summed E-state index contributed by atoms with van der Waals surface area (Å²) in [5.41, 5.74) is 6.90. The van der Waals surface area contributed by atoms with Gasteiger partial charge in [0.2, 0.25) is 0 Å². The molecular formula is C13H11Br2N3O2S. The van der Waals surface area contributed by atoms with Crippen LogP contribution in [0.15, 0.2) is 49.1 Å². The number of carbonyl (C=O) groups is 1. The van der Waals surface area contributed by atoms with Crippen molar-refractivity contribution >= 4 is 54.9 Å². The smallest absolute Gasteiger partial charge is 0.254 e. The summed E-state index contributed by atoms with van der Waals surface area (Å²) in [4.78, 5) is 12.3. The van der Waals surface area contributed by atoms with E-state index in [2.05, 4.69) is 42.3 Å². The average Bonchev–Trinajstić information content (AvgIpc) is 2.83. The Hall–Kier alpha value is -1.38. The van der Waals surface area contributed by atoms with E-state index < -0.39 is 6.04 Å². The SMILES string of the molecule is N/C(=N/O)C(NC(=O)c1cc(Br)sc1Br)c1ccccc1. The molecule has 1 heterocycles. The molecule has 0 fully saturated rings. The molecule has 110 valence electrons. The number of nitrogens with one attached hydrogen (secondary N) is 1. The number of nitrogens with two attached hydrogens (primary N) is 1. The van der Waals surface area contributed by atoms with Crippen LogP contribution in [0.25, 0.3) is 0 Å². The minimum absolute atomic E-state index is 0.0834. The number of nitrogens with zero attached hydrogens (tertiary/aromatic N) is 1. The lowest BCUT2D eigenvalue weighted by Crippen LogP contribution is -2.37. The van der Waals surface area contributed by atoms with E-state index in [1.807, 2.05) is 18.2 Å². The van der Waals surface area contributed by atoms with Crippen LogP contribution in [0.1, 0.15) is 22.0 Å². The van der Waals surface area contributed by atoms with E-state index in [1.54, 1.807) is 18.2 Å². The van der Waals surface area contributed by atoms with E-state index in [-0.39, 0.29) is 11.7 Å². The molecule has 4 N–H and O–H groups in total. The lowest BCUT2D eigenvalue weighted by molar-refractivity contribution is 0.0946. The van der Waals surface area contributed by atoms with Gasteiger partial charge in [-0.15, -0.1) is 11.3 Å². The lowest BCUT2D eigenvalue weighted by Gasteiger charge is -2.17. The fourth-order valence-electron chi connectivity index (χ4n) is 1.74. The maximum atomic E-state index is 12.3. The molecule has 1 unspecified atom stereocenters. The molecule has 0 aliphatic heterocycles. The summed E-state index contributed by atoms with van der Waals surface area (Å²) in [6.07, 6.45) is 0. The van der Waals surface area contributed by atoms with Crippen molar-refractivity contribution < 1.29 is 10.0 Å². The van der Waals surface area contributed by atoms with Crippen molar-refractivity contribution in [3.8, 4) is 0 Å².